The Morgan fingerprint density at radius 3 is 2.59 bits per heavy atom. The van der Waals surface area contributed by atoms with Gasteiger partial charge >= 0.3 is 6.09 Å². The molecule has 0 spiro atoms. The number of nitrogens with one attached hydrogen (secondary N) is 1. The predicted octanol–water partition coefficient (Wildman–Crippen LogP) is 4.38. The van der Waals surface area contributed by atoms with Crippen LogP contribution >= 0.6 is 0 Å². The van der Waals surface area contributed by atoms with Crippen LogP contribution in [0.25, 0.3) is 0 Å². The van der Waals surface area contributed by atoms with Gasteiger partial charge in [-0.2, -0.15) is 0 Å². The summed E-state index contributed by atoms with van der Waals surface area (Å²) in [6.07, 6.45) is 5.88. The minimum absolute atomic E-state index is 0.0272. The first-order valence-electron chi connectivity index (χ1n) is 12.0. The van der Waals surface area contributed by atoms with E-state index in [1.54, 1.807) is 0 Å². The molecule has 7 nitrogen and oxygen atoms in total. The zero-order valence-corrected chi connectivity index (χ0v) is 19.9. The number of amides is 2. The number of nitrogens with zero attached hydrogens (tertiary/aromatic N) is 1. The summed E-state index contributed by atoms with van der Waals surface area (Å²) in [5, 5.41) is 2.72. The van der Waals surface area contributed by atoms with Gasteiger partial charge in [-0.25, -0.2) is 4.79 Å². The molecule has 1 saturated heterocycles. The third kappa shape index (κ3) is 6.61. The topological polar surface area (TPSA) is 77.1 Å². The first-order valence-corrected chi connectivity index (χ1v) is 12.0. The normalized spacial score (nSPS) is 19.3. The van der Waals surface area contributed by atoms with E-state index in [-0.39, 0.29) is 24.2 Å². The van der Waals surface area contributed by atoms with Crippen molar-refractivity contribution in [2.45, 2.75) is 90.0 Å². The zero-order valence-electron chi connectivity index (χ0n) is 19.9. The molecule has 1 heterocycles. The number of hydrogen-bond acceptors (Lipinski definition) is 5. The summed E-state index contributed by atoms with van der Waals surface area (Å²) in [5.74, 6) is 0.986. The SMILES string of the molecule is COC(=O)NCCCc1cc([C@@H](C)N(C(=O)[C@H]2CCCCO2)C2CC2)ccc1OC(C)C. The third-order valence-corrected chi connectivity index (χ3v) is 6.07. The molecular formula is C25H38N2O5. The van der Waals surface area contributed by atoms with Crippen LogP contribution in [-0.2, 0) is 20.7 Å². The molecule has 7 heteroatoms. The minimum atomic E-state index is -0.422. The monoisotopic (exact) mass is 446 g/mol. The molecule has 2 amide bonds. The Kier molecular flexibility index (Phi) is 8.79. The molecular weight excluding hydrogens is 408 g/mol. The summed E-state index contributed by atoms with van der Waals surface area (Å²) in [4.78, 5) is 26.7. The number of ether oxygens (including phenoxy) is 3. The molecule has 1 saturated carbocycles. The molecule has 1 aliphatic carbocycles. The van der Waals surface area contributed by atoms with Gasteiger partial charge in [0.05, 0.1) is 19.3 Å². The lowest BCUT2D eigenvalue weighted by Crippen LogP contribution is -2.44. The number of benzene rings is 1. The average Bonchev–Trinajstić information content (AvgIpc) is 3.62. The van der Waals surface area contributed by atoms with Crippen molar-refractivity contribution < 1.29 is 23.8 Å². The van der Waals surface area contributed by atoms with E-state index in [2.05, 4.69) is 34.0 Å². The Labute approximate surface area is 191 Å². The summed E-state index contributed by atoms with van der Waals surface area (Å²) in [6.45, 7) is 7.33. The smallest absolute Gasteiger partial charge is 0.406 e. The molecule has 1 N–H and O–H groups in total. The minimum Gasteiger partial charge on any atom is -0.491 e. The molecule has 1 aliphatic heterocycles. The maximum absolute atomic E-state index is 13.3. The van der Waals surface area contributed by atoms with E-state index in [1.807, 2.05) is 19.9 Å². The summed E-state index contributed by atoms with van der Waals surface area (Å²) in [5.41, 5.74) is 2.19. The Bertz CT molecular complexity index is 772. The molecule has 0 aromatic heterocycles. The summed E-state index contributed by atoms with van der Waals surface area (Å²) >= 11 is 0. The summed E-state index contributed by atoms with van der Waals surface area (Å²) < 4.78 is 16.5. The van der Waals surface area contributed by atoms with Crippen LogP contribution in [0.5, 0.6) is 5.75 Å². The molecule has 2 fully saturated rings. The van der Waals surface area contributed by atoms with Gasteiger partial charge in [-0.3, -0.25) is 4.79 Å². The van der Waals surface area contributed by atoms with Crippen LogP contribution < -0.4 is 10.1 Å². The van der Waals surface area contributed by atoms with Crippen LogP contribution in [0.1, 0.15) is 76.5 Å². The Hall–Kier alpha value is -2.28. The maximum Gasteiger partial charge on any atom is 0.406 e. The van der Waals surface area contributed by atoms with E-state index < -0.39 is 6.09 Å². The number of hydrogen-bond donors (Lipinski definition) is 1. The van der Waals surface area contributed by atoms with Gasteiger partial charge in [0.15, 0.2) is 0 Å². The van der Waals surface area contributed by atoms with Crippen molar-refractivity contribution in [3.63, 3.8) is 0 Å². The van der Waals surface area contributed by atoms with Crippen LogP contribution in [0.3, 0.4) is 0 Å². The number of rotatable bonds is 10. The second-order valence-corrected chi connectivity index (χ2v) is 9.06. The lowest BCUT2D eigenvalue weighted by atomic mass is 9.99. The second-order valence-electron chi connectivity index (χ2n) is 9.06. The maximum atomic E-state index is 13.3. The number of carbonyl (C=O) groups is 2. The molecule has 0 bridgehead atoms. The van der Waals surface area contributed by atoms with Crippen molar-refractivity contribution in [2.75, 3.05) is 20.3 Å². The van der Waals surface area contributed by atoms with Crippen molar-refractivity contribution in [2.24, 2.45) is 0 Å². The number of aryl methyl sites for hydroxylation is 1. The molecule has 2 aliphatic rings. The third-order valence-electron chi connectivity index (χ3n) is 6.07. The molecule has 178 valence electrons. The number of alkyl carbamates (subject to hydrolysis) is 1. The van der Waals surface area contributed by atoms with Gasteiger partial charge in [0.2, 0.25) is 0 Å². The first kappa shape index (κ1) is 24.4. The first-order chi connectivity index (χ1) is 15.4. The van der Waals surface area contributed by atoms with Crippen molar-refractivity contribution >= 4 is 12.0 Å². The molecule has 1 aromatic carbocycles. The number of methoxy groups -OCH3 is 1. The van der Waals surface area contributed by atoms with E-state index in [1.165, 1.54) is 7.11 Å². The molecule has 3 rings (SSSR count). The highest BCUT2D eigenvalue weighted by Gasteiger charge is 2.39. The average molecular weight is 447 g/mol. The fourth-order valence-electron chi connectivity index (χ4n) is 4.27. The van der Waals surface area contributed by atoms with Crippen LogP contribution in [0, 0.1) is 0 Å². The fraction of sp³-hybridized carbons (Fsp3) is 0.680. The van der Waals surface area contributed by atoms with E-state index in [4.69, 9.17) is 9.47 Å². The largest absolute Gasteiger partial charge is 0.491 e. The van der Waals surface area contributed by atoms with Gasteiger partial charge in [-0.1, -0.05) is 12.1 Å². The quantitative estimate of drug-likeness (QED) is 0.540. The Balaban J connectivity index is 1.75. The molecule has 0 unspecified atom stereocenters. The zero-order chi connectivity index (χ0) is 23.1. The van der Waals surface area contributed by atoms with Crippen molar-refractivity contribution in [1.82, 2.24) is 10.2 Å². The van der Waals surface area contributed by atoms with Crippen LogP contribution in [0.15, 0.2) is 18.2 Å². The Morgan fingerprint density at radius 2 is 1.97 bits per heavy atom. The second kappa shape index (κ2) is 11.5. The van der Waals surface area contributed by atoms with E-state index in [0.29, 0.717) is 19.2 Å². The summed E-state index contributed by atoms with van der Waals surface area (Å²) in [6, 6.07) is 6.53. The predicted molar refractivity (Wildman–Crippen MR) is 123 cm³/mol. The van der Waals surface area contributed by atoms with E-state index >= 15 is 0 Å². The standard InChI is InChI=1S/C25H38N2O5/c1-17(2)32-22-13-10-19(16-20(22)8-7-14-26-25(29)30-4)18(3)27(21-11-12-21)24(28)23-9-5-6-15-31-23/h10,13,16-18,21,23H,5-9,11-12,14-15H2,1-4H3,(H,26,29)/t18-,23-/m1/s1. The van der Waals surface area contributed by atoms with Gasteiger partial charge in [0.1, 0.15) is 11.9 Å². The van der Waals surface area contributed by atoms with Crippen LogP contribution in [0.4, 0.5) is 4.79 Å². The van der Waals surface area contributed by atoms with Gasteiger partial charge in [0.25, 0.3) is 5.91 Å². The van der Waals surface area contributed by atoms with Gasteiger partial charge in [-0.05, 0) is 82.9 Å². The molecule has 2 atom stereocenters. The molecule has 1 aromatic rings. The molecule has 0 radical (unpaired) electrons. The highest BCUT2D eigenvalue weighted by molar-refractivity contribution is 5.82. The van der Waals surface area contributed by atoms with Crippen molar-refractivity contribution in [1.29, 1.82) is 0 Å². The number of carbonyl (C=O) groups excluding carboxylic acids is 2. The Morgan fingerprint density at radius 1 is 1.19 bits per heavy atom. The van der Waals surface area contributed by atoms with E-state index in [9.17, 15) is 9.59 Å². The van der Waals surface area contributed by atoms with E-state index in [0.717, 1.165) is 61.8 Å². The van der Waals surface area contributed by atoms with Gasteiger partial charge in [-0.15, -0.1) is 0 Å². The van der Waals surface area contributed by atoms with Crippen LogP contribution in [-0.4, -0.2) is 55.4 Å². The van der Waals surface area contributed by atoms with Gasteiger partial charge in [0, 0.05) is 19.2 Å². The van der Waals surface area contributed by atoms with Gasteiger partial charge < -0.3 is 24.4 Å². The molecule has 32 heavy (non-hydrogen) atoms. The van der Waals surface area contributed by atoms with Crippen LogP contribution in [0.2, 0.25) is 0 Å². The van der Waals surface area contributed by atoms with Crippen molar-refractivity contribution in [3.8, 4) is 5.75 Å². The highest BCUT2D eigenvalue weighted by atomic mass is 16.5. The highest BCUT2D eigenvalue weighted by Crippen LogP contribution is 2.37. The lowest BCUT2D eigenvalue weighted by molar-refractivity contribution is -0.149. The van der Waals surface area contributed by atoms with Crippen molar-refractivity contribution in [3.05, 3.63) is 29.3 Å². The summed E-state index contributed by atoms with van der Waals surface area (Å²) in [7, 11) is 1.36. The lowest BCUT2D eigenvalue weighted by Gasteiger charge is -2.34. The fourth-order valence-corrected chi connectivity index (χ4v) is 4.27.